The smallest absolute Gasteiger partial charge is 0.108 e. The average Bonchev–Trinajstić information content (AvgIpc) is 3.30. The SMILES string of the molecule is N#CC1(c2ccccc2)CCCCC1OCC1CC1. The second kappa shape index (κ2) is 5.35. The Labute approximate surface area is 115 Å². The first-order chi connectivity index (χ1) is 9.35. The predicted octanol–water partition coefficient (Wildman–Crippen LogP) is 3.82. The topological polar surface area (TPSA) is 33.0 Å². The highest BCUT2D eigenvalue weighted by Crippen LogP contribution is 2.42. The van der Waals surface area contributed by atoms with Crippen LogP contribution >= 0.6 is 0 Å². The molecule has 0 amide bonds. The van der Waals surface area contributed by atoms with Gasteiger partial charge >= 0.3 is 0 Å². The van der Waals surface area contributed by atoms with E-state index in [-0.39, 0.29) is 6.10 Å². The highest BCUT2D eigenvalue weighted by atomic mass is 16.5. The van der Waals surface area contributed by atoms with Crippen LogP contribution in [0.4, 0.5) is 0 Å². The molecular formula is C17H21NO. The zero-order valence-corrected chi connectivity index (χ0v) is 11.3. The molecule has 2 aliphatic carbocycles. The predicted molar refractivity (Wildman–Crippen MR) is 74.7 cm³/mol. The van der Waals surface area contributed by atoms with Crippen molar-refractivity contribution in [2.24, 2.45) is 5.92 Å². The van der Waals surface area contributed by atoms with Gasteiger partial charge in [0.25, 0.3) is 0 Å². The minimum Gasteiger partial charge on any atom is -0.376 e. The lowest BCUT2D eigenvalue weighted by atomic mass is 9.68. The van der Waals surface area contributed by atoms with E-state index < -0.39 is 5.41 Å². The summed E-state index contributed by atoms with van der Waals surface area (Å²) in [6, 6.07) is 12.8. The van der Waals surface area contributed by atoms with Crippen molar-refractivity contribution < 1.29 is 4.74 Å². The van der Waals surface area contributed by atoms with Crippen molar-refractivity contribution in [1.29, 1.82) is 5.26 Å². The molecule has 2 heteroatoms. The standard InChI is InChI=1S/C17H21NO/c18-13-17(15-6-2-1-3-7-15)11-5-4-8-16(17)19-12-14-9-10-14/h1-3,6-7,14,16H,4-5,8-12H2. The highest BCUT2D eigenvalue weighted by Gasteiger charge is 2.44. The molecule has 0 bridgehead atoms. The first kappa shape index (κ1) is 12.7. The van der Waals surface area contributed by atoms with Crippen molar-refractivity contribution in [3.63, 3.8) is 0 Å². The number of hydrogen-bond acceptors (Lipinski definition) is 2. The van der Waals surface area contributed by atoms with Crippen LogP contribution in [0.15, 0.2) is 30.3 Å². The van der Waals surface area contributed by atoms with Gasteiger partial charge < -0.3 is 4.74 Å². The van der Waals surface area contributed by atoms with Gasteiger partial charge in [-0.05, 0) is 37.2 Å². The molecule has 3 rings (SSSR count). The average molecular weight is 255 g/mol. The molecule has 0 radical (unpaired) electrons. The van der Waals surface area contributed by atoms with Crippen LogP contribution in [-0.2, 0) is 10.2 Å². The maximum Gasteiger partial charge on any atom is 0.108 e. The van der Waals surface area contributed by atoms with E-state index in [9.17, 15) is 5.26 Å². The molecule has 0 heterocycles. The van der Waals surface area contributed by atoms with Gasteiger partial charge in [-0.15, -0.1) is 0 Å². The van der Waals surface area contributed by atoms with Crippen LogP contribution in [0.1, 0.15) is 44.1 Å². The number of ether oxygens (including phenoxy) is 1. The molecule has 2 unspecified atom stereocenters. The Morgan fingerprint density at radius 1 is 1.16 bits per heavy atom. The maximum atomic E-state index is 9.82. The Balaban J connectivity index is 1.84. The van der Waals surface area contributed by atoms with Gasteiger partial charge in [0.05, 0.1) is 12.2 Å². The van der Waals surface area contributed by atoms with Gasteiger partial charge in [-0.1, -0.05) is 43.2 Å². The molecule has 2 aliphatic rings. The third-order valence-electron chi connectivity index (χ3n) is 4.56. The minimum atomic E-state index is -0.422. The second-order valence-corrected chi connectivity index (χ2v) is 5.96. The summed E-state index contributed by atoms with van der Waals surface area (Å²) < 4.78 is 6.15. The van der Waals surface area contributed by atoms with Gasteiger partial charge in [-0.2, -0.15) is 5.26 Å². The Bertz CT molecular complexity index is 460. The summed E-state index contributed by atoms with van der Waals surface area (Å²) in [7, 11) is 0. The van der Waals surface area contributed by atoms with Crippen molar-refractivity contribution in [2.45, 2.75) is 50.0 Å². The second-order valence-electron chi connectivity index (χ2n) is 5.96. The zero-order valence-electron chi connectivity index (χ0n) is 11.3. The van der Waals surface area contributed by atoms with Crippen LogP contribution in [-0.4, -0.2) is 12.7 Å². The Morgan fingerprint density at radius 2 is 1.95 bits per heavy atom. The van der Waals surface area contributed by atoms with E-state index in [1.165, 1.54) is 19.3 Å². The van der Waals surface area contributed by atoms with Crippen molar-refractivity contribution in [2.75, 3.05) is 6.61 Å². The summed E-state index contributed by atoms with van der Waals surface area (Å²) >= 11 is 0. The molecule has 2 nitrogen and oxygen atoms in total. The Morgan fingerprint density at radius 3 is 2.63 bits per heavy atom. The van der Waals surface area contributed by atoms with Crippen LogP contribution < -0.4 is 0 Å². The first-order valence-electron chi connectivity index (χ1n) is 7.43. The van der Waals surface area contributed by atoms with Crippen LogP contribution in [0, 0.1) is 17.2 Å². The van der Waals surface area contributed by atoms with E-state index in [4.69, 9.17) is 4.74 Å². The molecule has 100 valence electrons. The molecule has 2 fully saturated rings. The summed E-state index contributed by atoms with van der Waals surface area (Å²) in [6.45, 7) is 0.848. The van der Waals surface area contributed by atoms with Crippen LogP contribution in [0.2, 0.25) is 0 Å². The fourth-order valence-corrected chi connectivity index (χ4v) is 3.16. The van der Waals surface area contributed by atoms with Crippen LogP contribution in [0.5, 0.6) is 0 Å². The summed E-state index contributed by atoms with van der Waals surface area (Å²) in [5, 5.41) is 9.82. The van der Waals surface area contributed by atoms with Crippen molar-refractivity contribution in [3.05, 3.63) is 35.9 Å². The van der Waals surface area contributed by atoms with E-state index in [0.717, 1.165) is 37.4 Å². The van der Waals surface area contributed by atoms with Gasteiger partial charge in [0.15, 0.2) is 0 Å². The van der Waals surface area contributed by atoms with Gasteiger partial charge in [0, 0.05) is 6.61 Å². The quantitative estimate of drug-likeness (QED) is 0.819. The summed E-state index contributed by atoms with van der Waals surface area (Å²) in [5.41, 5.74) is 0.715. The normalized spacial score (nSPS) is 30.8. The molecule has 0 spiro atoms. The lowest BCUT2D eigenvalue weighted by molar-refractivity contribution is -0.0147. The Kier molecular flexibility index (Phi) is 3.57. The molecule has 1 aromatic rings. The first-order valence-corrected chi connectivity index (χ1v) is 7.43. The van der Waals surface area contributed by atoms with E-state index in [2.05, 4.69) is 18.2 Å². The molecule has 2 saturated carbocycles. The Hall–Kier alpha value is -1.33. The van der Waals surface area contributed by atoms with E-state index in [0.29, 0.717) is 0 Å². The monoisotopic (exact) mass is 255 g/mol. The summed E-state index contributed by atoms with van der Waals surface area (Å²) in [5.74, 6) is 0.758. The van der Waals surface area contributed by atoms with Gasteiger partial charge in [0.2, 0.25) is 0 Å². The van der Waals surface area contributed by atoms with Gasteiger partial charge in [-0.25, -0.2) is 0 Å². The molecule has 0 aliphatic heterocycles. The number of nitriles is 1. The number of hydrogen-bond donors (Lipinski definition) is 0. The third kappa shape index (κ3) is 2.53. The largest absolute Gasteiger partial charge is 0.376 e. The van der Waals surface area contributed by atoms with Crippen molar-refractivity contribution in [3.8, 4) is 6.07 Å². The van der Waals surface area contributed by atoms with Crippen LogP contribution in [0.25, 0.3) is 0 Å². The molecule has 19 heavy (non-hydrogen) atoms. The van der Waals surface area contributed by atoms with Gasteiger partial charge in [-0.3, -0.25) is 0 Å². The molecule has 1 aromatic carbocycles. The lowest BCUT2D eigenvalue weighted by Gasteiger charge is -2.39. The van der Waals surface area contributed by atoms with Crippen molar-refractivity contribution in [1.82, 2.24) is 0 Å². The molecule has 0 aromatic heterocycles. The molecular weight excluding hydrogens is 234 g/mol. The van der Waals surface area contributed by atoms with Crippen LogP contribution in [0.3, 0.4) is 0 Å². The zero-order chi connectivity index (χ0) is 13.1. The lowest BCUT2D eigenvalue weighted by Crippen LogP contribution is -2.43. The van der Waals surface area contributed by atoms with E-state index in [1.807, 2.05) is 18.2 Å². The molecule has 0 N–H and O–H groups in total. The summed E-state index contributed by atoms with van der Waals surface area (Å²) in [6.07, 6.45) is 6.96. The minimum absolute atomic E-state index is 0.0780. The van der Waals surface area contributed by atoms with E-state index >= 15 is 0 Å². The number of nitrogens with zero attached hydrogens (tertiary/aromatic N) is 1. The van der Waals surface area contributed by atoms with E-state index in [1.54, 1.807) is 0 Å². The highest BCUT2D eigenvalue weighted by molar-refractivity contribution is 5.35. The molecule has 2 atom stereocenters. The number of rotatable bonds is 4. The number of benzene rings is 1. The third-order valence-corrected chi connectivity index (χ3v) is 4.56. The molecule has 0 saturated heterocycles. The maximum absolute atomic E-state index is 9.82. The summed E-state index contributed by atoms with van der Waals surface area (Å²) in [4.78, 5) is 0. The van der Waals surface area contributed by atoms with Crippen molar-refractivity contribution >= 4 is 0 Å². The fourth-order valence-electron chi connectivity index (χ4n) is 3.16. The van der Waals surface area contributed by atoms with Gasteiger partial charge in [0.1, 0.15) is 5.41 Å². The fraction of sp³-hybridized carbons (Fsp3) is 0.588.